The van der Waals surface area contributed by atoms with Crippen LogP contribution in [0, 0.1) is 3.57 Å². The molecule has 1 aliphatic heterocycles. The molecule has 0 atom stereocenters. The minimum absolute atomic E-state index is 0.121. The Balaban J connectivity index is 1.34. The summed E-state index contributed by atoms with van der Waals surface area (Å²) in [6.45, 7) is 0.418. The first kappa shape index (κ1) is 26.1. The van der Waals surface area contributed by atoms with Gasteiger partial charge < -0.3 is 4.74 Å². The number of thioether (sulfide) groups is 1. The van der Waals surface area contributed by atoms with E-state index in [-0.39, 0.29) is 11.9 Å². The number of ether oxygens (including phenoxy) is 1. The van der Waals surface area contributed by atoms with Crippen LogP contribution < -0.4 is 4.74 Å². The first-order valence-corrected chi connectivity index (χ1v) is 15.3. The Hall–Kier alpha value is -1.51. The molecule has 1 saturated heterocycles. The van der Waals surface area contributed by atoms with Gasteiger partial charge in [-0.25, -0.2) is 0 Å². The highest BCUT2D eigenvalue weighted by Crippen LogP contribution is 2.39. The van der Waals surface area contributed by atoms with E-state index in [9.17, 15) is 4.79 Å². The average molecular weight is 635 g/mol. The van der Waals surface area contributed by atoms with Crippen molar-refractivity contribution < 1.29 is 9.53 Å². The predicted octanol–water partition coefficient (Wildman–Crippen LogP) is 8.46. The lowest BCUT2D eigenvalue weighted by Gasteiger charge is -2.31. The molecule has 0 bridgehead atoms. The lowest BCUT2D eigenvalue weighted by atomic mass is 9.94. The van der Waals surface area contributed by atoms with Gasteiger partial charge in [-0.3, -0.25) is 14.7 Å². The zero-order valence-corrected chi connectivity index (χ0v) is 24.2. The minimum Gasteiger partial charge on any atom is -0.488 e. The van der Waals surface area contributed by atoms with Gasteiger partial charge in [0.15, 0.2) is 5.17 Å². The van der Waals surface area contributed by atoms with E-state index in [0.717, 1.165) is 56.2 Å². The summed E-state index contributed by atoms with van der Waals surface area (Å²) in [6, 6.07) is 14.4. The maximum Gasteiger partial charge on any atom is 0.266 e. The maximum atomic E-state index is 13.6. The Morgan fingerprint density at radius 3 is 2.47 bits per heavy atom. The third kappa shape index (κ3) is 6.30. The van der Waals surface area contributed by atoms with E-state index >= 15 is 0 Å². The zero-order valence-electron chi connectivity index (χ0n) is 20.4. The number of hydrogen-bond donors (Lipinski definition) is 0. The molecule has 0 spiro atoms. The number of hydrogen-bond acceptors (Lipinski definition) is 4. The molecule has 3 aliphatic rings. The summed E-state index contributed by atoms with van der Waals surface area (Å²) in [5, 5.41) is 1.64. The zero-order chi connectivity index (χ0) is 24.9. The highest BCUT2D eigenvalue weighted by molar-refractivity contribution is 14.1. The summed E-state index contributed by atoms with van der Waals surface area (Å²) in [6.07, 6.45) is 13.9. The quantitative estimate of drug-likeness (QED) is 0.237. The van der Waals surface area contributed by atoms with Gasteiger partial charge in [-0.05, 0) is 89.9 Å². The number of amidine groups is 1. The fourth-order valence-electron chi connectivity index (χ4n) is 5.25. The molecule has 1 heterocycles. The van der Waals surface area contributed by atoms with Gasteiger partial charge in [0, 0.05) is 16.6 Å². The van der Waals surface area contributed by atoms with Crippen molar-refractivity contribution in [1.29, 1.82) is 0 Å². The third-order valence-corrected chi connectivity index (χ3v) is 9.45. The second kappa shape index (κ2) is 12.4. The van der Waals surface area contributed by atoms with Gasteiger partial charge in [-0.15, -0.1) is 0 Å². The summed E-state index contributed by atoms with van der Waals surface area (Å²) < 4.78 is 7.04. The number of carbonyl (C=O) groups is 1. The molecule has 0 N–H and O–H groups in total. The van der Waals surface area contributed by atoms with Crippen molar-refractivity contribution in [2.45, 2.75) is 82.9 Å². The number of amides is 1. The monoisotopic (exact) mass is 634 g/mol. The van der Waals surface area contributed by atoms with Crippen LogP contribution in [0.4, 0.5) is 0 Å². The average Bonchev–Trinajstić information content (AvgIpc) is 3.19. The minimum atomic E-state index is 0.121. The highest BCUT2D eigenvalue weighted by atomic mass is 127. The van der Waals surface area contributed by atoms with E-state index in [1.807, 2.05) is 47.4 Å². The maximum absolute atomic E-state index is 13.6. The Kier molecular flexibility index (Phi) is 8.96. The molecular weight excluding hydrogens is 603 g/mol. The molecular formula is C29H32ClIN2O2S. The van der Waals surface area contributed by atoms with Crippen LogP contribution in [0.2, 0.25) is 5.02 Å². The van der Waals surface area contributed by atoms with E-state index in [1.54, 1.807) is 11.8 Å². The molecule has 36 heavy (non-hydrogen) atoms. The molecule has 0 unspecified atom stereocenters. The second-order valence-electron chi connectivity index (χ2n) is 9.85. The number of carbonyl (C=O) groups excluding carboxylic acids is 1. The fourth-order valence-corrected chi connectivity index (χ4v) is 7.25. The molecule has 2 aromatic rings. The molecule has 1 amide bonds. The van der Waals surface area contributed by atoms with E-state index in [2.05, 4.69) is 28.7 Å². The standard InChI is InChI=1S/C29H32ClIN2O2S/c30-24-14-8-7-9-21(24)19-35-26-16-15-20(17-25(26)31)18-27-28(34)33(23-12-5-2-6-13-23)29(36-27)32-22-10-3-1-4-11-22/h7-9,14-18,22-23H,1-6,10-13,19H2. The molecule has 7 heteroatoms. The largest absolute Gasteiger partial charge is 0.488 e. The normalized spacial score (nSPS) is 22.1. The summed E-state index contributed by atoms with van der Waals surface area (Å²) in [4.78, 5) is 21.6. The van der Waals surface area contributed by atoms with Crippen LogP contribution in [0.15, 0.2) is 52.4 Å². The van der Waals surface area contributed by atoms with Crippen molar-refractivity contribution in [2.24, 2.45) is 4.99 Å². The van der Waals surface area contributed by atoms with Crippen molar-refractivity contribution >= 4 is 63.1 Å². The van der Waals surface area contributed by atoms with Gasteiger partial charge in [0.1, 0.15) is 12.4 Å². The van der Waals surface area contributed by atoms with Crippen molar-refractivity contribution in [3.05, 3.63) is 67.1 Å². The Morgan fingerprint density at radius 1 is 1.03 bits per heavy atom. The second-order valence-corrected chi connectivity index (χ2v) is 12.4. The van der Waals surface area contributed by atoms with Crippen LogP contribution in [0.25, 0.3) is 6.08 Å². The Morgan fingerprint density at radius 2 is 1.75 bits per heavy atom. The van der Waals surface area contributed by atoms with E-state index in [4.69, 9.17) is 21.3 Å². The number of nitrogens with zero attached hydrogens (tertiary/aromatic N) is 2. The summed E-state index contributed by atoms with van der Waals surface area (Å²) in [5.41, 5.74) is 1.96. The third-order valence-electron chi connectivity index (χ3n) is 7.24. The summed E-state index contributed by atoms with van der Waals surface area (Å²) >= 11 is 10.1. The first-order chi connectivity index (χ1) is 17.6. The van der Waals surface area contributed by atoms with Crippen LogP contribution in [0.3, 0.4) is 0 Å². The topological polar surface area (TPSA) is 41.9 Å². The highest BCUT2D eigenvalue weighted by Gasteiger charge is 2.39. The molecule has 2 aromatic carbocycles. The fraction of sp³-hybridized carbons (Fsp3) is 0.448. The SMILES string of the molecule is O=C1C(=Cc2ccc(OCc3ccccc3Cl)c(I)c2)SC(=NC2CCCCC2)N1C1CCCCC1. The molecule has 4 nitrogen and oxygen atoms in total. The molecule has 3 fully saturated rings. The molecule has 2 aliphatic carbocycles. The smallest absolute Gasteiger partial charge is 0.266 e. The number of benzene rings is 2. The van der Waals surface area contributed by atoms with Crippen LogP contribution >= 0.6 is 46.0 Å². The van der Waals surface area contributed by atoms with E-state index in [0.29, 0.717) is 17.7 Å². The predicted molar refractivity (Wildman–Crippen MR) is 159 cm³/mol. The number of aliphatic imine (C=N–C) groups is 1. The van der Waals surface area contributed by atoms with Gasteiger partial charge in [0.25, 0.3) is 5.91 Å². The molecule has 190 valence electrons. The lowest BCUT2D eigenvalue weighted by molar-refractivity contribution is -0.124. The molecule has 0 radical (unpaired) electrons. The van der Waals surface area contributed by atoms with Crippen molar-refractivity contribution in [3.63, 3.8) is 0 Å². The van der Waals surface area contributed by atoms with Gasteiger partial charge in [-0.2, -0.15) is 0 Å². The van der Waals surface area contributed by atoms with Crippen LogP contribution in [0.5, 0.6) is 5.75 Å². The first-order valence-electron chi connectivity index (χ1n) is 13.0. The van der Waals surface area contributed by atoms with E-state index < -0.39 is 0 Å². The summed E-state index contributed by atoms with van der Waals surface area (Å²) in [5.74, 6) is 0.932. The number of rotatable bonds is 6. The summed E-state index contributed by atoms with van der Waals surface area (Å²) in [7, 11) is 0. The Bertz CT molecular complexity index is 1160. The van der Waals surface area contributed by atoms with Gasteiger partial charge in [0.05, 0.1) is 14.5 Å². The molecule has 2 saturated carbocycles. The van der Waals surface area contributed by atoms with Gasteiger partial charge in [0.2, 0.25) is 0 Å². The van der Waals surface area contributed by atoms with Crippen LogP contribution in [0.1, 0.15) is 75.3 Å². The van der Waals surface area contributed by atoms with Crippen molar-refractivity contribution in [3.8, 4) is 5.75 Å². The number of halogens is 2. The molecule has 5 rings (SSSR count). The van der Waals surface area contributed by atoms with Gasteiger partial charge >= 0.3 is 0 Å². The molecule has 0 aromatic heterocycles. The van der Waals surface area contributed by atoms with E-state index in [1.165, 1.54) is 38.5 Å². The van der Waals surface area contributed by atoms with Gasteiger partial charge in [-0.1, -0.05) is 74.4 Å². The Labute approximate surface area is 237 Å². The van der Waals surface area contributed by atoms with Crippen molar-refractivity contribution in [2.75, 3.05) is 0 Å². The lowest BCUT2D eigenvalue weighted by Crippen LogP contribution is -2.41. The van der Waals surface area contributed by atoms with Crippen LogP contribution in [-0.2, 0) is 11.4 Å². The van der Waals surface area contributed by atoms with Crippen LogP contribution in [-0.4, -0.2) is 28.1 Å². The van der Waals surface area contributed by atoms with Crippen molar-refractivity contribution in [1.82, 2.24) is 4.90 Å².